The molecule has 0 saturated carbocycles. The summed E-state index contributed by atoms with van der Waals surface area (Å²) in [4.78, 5) is 15.9. The quantitative estimate of drug-likeness (QED) is 0.578. The minimum atomic E-state index is -0.198. The summed E-state index contributed by atoms with van der Waals surface area (Å²) in [6.45, 7) is 6.75. The van der Waals surface area contributed by atoms with Crippen LogP contribution in [0.1, 0.15) is 42.9 Å². The van der Waals surface area contributed by atoms with Gasteiger partial charge in [0.1, 0.15) is 11.4 Å². The number of methoxy groups -OCH3 is 2. The zero-order valence-electron chi connectivity index (χ0n) is 17.5. The zero-order chi connectivity index (χ0) is 21.0. The summed E-state index contributed by atoms with van der Waals surface area (Å²) in [5, 5.41) is 3.98. The van der Waals surface area contributed by atoms with Crippen LogP contribution in [0.2, 0.25) is 0 Å². The molecule has 3 aromatic rings. The van der Waals surface area contributed by atoms with E-state index in [2.05, 4.69) is 24.1 Å². The van der Waals surface area contributed by atoms with Gasteiger partial charge in [0.25, 0.3) is 5.91 Å². The maximum atomic E-state index is 12.7. The van der Waals surface area contributed by atoms with Crippen molar-refractivity contribution in [3.8, 4) is 17.2 Å². The maximum absolute atomic E-state index is 12.7. The van der Waals surface area contributed by atoms with Crippen LogP contribution in [-0.4, -0.2) is 31.7 Å². The summed E-state index contributed by atoms with van der Waals surface area (Å²) in [6.07, 6.45) is 0. The molecule has 0 radical (unpaired) electrons. The average Bonchev–Trinajstić information content (AvgIpc) is 3.15. The number of H-pyrrole nitrogens is 1. The lowest BCUT2D eigenvalue weighted by molar-refractivity contribution is 0.0935. The Morgan fingerprint density at radius 3 is 2.48 bits per heavy atom. The monoisotopic (exact) mass is 396 g/mol. The van der Waals surface area contributed by atoms with Gasteiger partial charge in [-0.15, -0.1) is 0 Å². The van der Waals surface area contributed by atoms with Gasteiger partial charge in [-0.3, -0.25) is 4.79 Å². The summed E-state index contributed by atoms with van der Waals surface area (Å²) < 4.78 is 16.5. The molecule has 2 aromatic carbocycles. The molecular formula is C23H28N2O4. The Kier molecular flexibility index (Phi) is 6.32. The number of carbonyl (C=O) groups excluding carboxylic acids is 1. The maximum Gasteiger partial charge on any atom is 0.268 e. The van der Waals surface area contributed by atoms with Crippen LogP contribution in [0.25, 0.3) is 10.9 Å². The highest BCUT2D eigenvalue weighted by Crippen LogP contribution is 2.31. The summed E-state index contributed by atoms with van der Waals surface area (Å²) in [5.41, 5.74) is 2.30. The lowest BCUT2D eigenvalue weighted by Crippen LogP contribution is -2.26. The number of hydrogen-bond acceptors (Lipinski definition) is 4. The van der Waals surface area contributed by atoms with E-state index < -0.39 is 0 Å². The summed E-state index contributed by atoms with van der Waals surface area (Å²) in [6, 6.07) is 13.0. The number of ether oxygens (including phenoxy) is 3. The number of carbonyl (C=O) groups is 1. The fourth-order valence-corrected chi connectivity index (χ4v) is 3.04. The lowest BCUT2D eigenvalue weighted by atomic mass is 10.1. The van der Waals surface area contributed by atoms with Crippen LogP contribution < -0.4 is 19.5 Å². The van der Waals surface area contributed by atoms with Crippen LogP contribution in [0.5, 0.6) is 17.2 Å². The van der Waals surface area contributed by atoms with E-state index in [0.717, 1.165) is 22.2 Å². The second-order valence-corrected chi connectivity index (χ2v) is 7.45. The first-order valence-electron chi connectivity index (χ1n) is 9.69. The fraction of sp³-hybridized carbons (Fsp3) is 0.348. The number of aromatic amines is 1. The molecule has 29 heavy (non-hydrogen) atoms. The highest BCUT2D eigenvalue weighted by atomic mass is 16.5. The molecule has 0 fully saturated rings. The van der Waals surface area contributed by atoms with E-state index in [-0.39, 0.29) is 11.9 Å². The molecule has 1 heterocycles. The van der Waals surface area contributed by atoms with Crippen molar-refractivity contribution < 1.29 is 19.0 Å². The summed E-state index contributed by atoms with van der Waals surface area (Å²) >= 11 is 0. The molecule has 1 amide bonds. The second-order valence-electron chi connectivity index (χ2n) is 7.45. The van der Waals surface area contributed by atoms with Crippen molar-refractivity contribution in [2.24, 2.45) is 5.92 Å². The molecule has 0 saturated heterocycles. The first-order chi connectivity index (χ1) is 13.9. The molecule has 1 atom stereocenters. The lowest BCUT2D eigenvalue weighted by Gasteiger charge is -2.17. The number of rotatable bonds is 8. The van der Waals surface area contributed by atoms with Crippen LogP contribution in [0.3, 0.4) is 0 Å². The third-order valence-corrected chi connectivity index (χ3v) is 4.68. The highest BCUT2D eigenvalue weighted by molar-refractivity contribution is 5.98. The molecule has 0 aliphatic carbocycles. The Bertz CT molecular complexity index is 994. The molecule has 0 aliphatic rings. The van der Waals surface area contributed by atoms with E-state index in [9.17, 15) is 4.79 Å². The fourth-order valence-electron chi connectivity index (χ4n) is 3.04. The standard InChI is InChI=1S/C23H28N2O4/c1-14(2)13-29-21-9-7-16(11-22(21)28-5)15(3)24-23(26)20-10-17-6-8-18(27-4)12-19(17)25-20/h6-12,14-15,25H,13H2,1-5H3,(H,24,26). The molecule has 6 nitrogen and oxygen atoms in total. The van der Waals surface area contributed by atoms with E-state index >= 15 is 0 Å². The summed E-state index contributed by atoms with van der Waals surface area (Å²) in [5.74, 6) is 2.35. The van der Waals surface area contributed by atoms with E-state index in [4.69, 9.17) is 14.2 Å². The molecule has 0 aliphatic heterocycles. The minimum absolute atomic E-state index is 0.174. The SMILES string of the molecule is COc1ccc2cc(C(=O)NC(C)c3ccc(OCC(C)C)c(OC)c3)[nH]c2c1. The average molecular weight is 396 g/mol. The number of benzene rings is 2. The van der Waals surface area contributed by atoms with Gasteiger partial charge in [-0.1, -0.05) is 19.9 Å². The third kappa shape index (κ3) is 4.83. The molecule has 1 aromatic heterocycles. The van der Waals surface area contributed by atoms with Gasteiger partial charge in [0.15, 0.2) is 11.5 Å². The zero-order valence-corrected chi connectivity index (χ0v) is 17.5. The molecular weight excluding hydrogens is 368 g/mol. The van der Waals surface area contributed by atoms with Crippen LogP contribution in [0, 0.1) is 5.92 Å². The predicted octanol–water partition coefficient (Wildman–Crippen LogP) is 4.71. The van der Waals surface area contributed by atoms with Crippen LogP contribution in [-0.2, 0) is 0 Å². The van der Waals surface area contributed by atoms with E-state index in [0.29, 0.717) is 29.7 Å². The summed E-state index contributed by atoms with van der Waals surface area (Å²) in [7, 11) is 3.23. The number of hydrogen-bond donors (Lipinski definition) is 2. The van der Waals surface area contributed by atoms with Gasteiger partial charge in [0.2, 0.25) is 0 Å². The predicted molar refractivity (Wildman–Crippen MR) is 114 cm³/mol. The molecule has 154 valence electrons. The van der Waals surface area contributed by atoms with Crippen LogP contribution >= 0.6 is 0 Å². The van der Waals surface area contributed by atoms with Crippen molar-refractivity contribution in [3.63, 3.8) is 0 Å². The Hall–Kier alpha value is -3.15. The van der Waals surface area contributed by atoms with Gasteiger partial charge < -0.3 is 24.5 Å². The minimum Gasteiger partial charge on any atom is -0.497 e. The Morgan fingerprint density at radius 1 is 1.00 bits per heavy atom. The number of fused-ring (bicyclic) bond motifs is 1. The highest BCUT2D eigenvalue weighted by Gasteiger charge is 2.16. The van der Waals surface area contributed by atoms with Crippen molar-refractivity contribution in [2.45, 2.75) is 26.8 Å². The Labute approximate surface area is 171 Å². The second kappa shape index (κ2) is 8.90. The molecule has 0 spiro atoms. The first kappa shape index (κ1) is 20.6. The van der Waals surface area contributed by atoms with Crippen molar-refractivity contribution in [2.75, 3.05) is 20.8 Å². The number of amides is 1. The smallest absolute Gasteiger partial charge is 0.268 e. The molecule has 2 N–H and O–H groups in total. The van der Waals surface area contributed by atoms with Crippen molar-refractivity contribution in [3.05, 3.63) is 53.7 Å². The van der Waals surface area contributed by atoms with Crippen molar-refractivity contribution in [1.82, 2.24) is 10.3 Å². The largest absolute Gasteiger partial charge is 0.497 e. The van der Waals surface area contributed by atoms with Gasteiger partial charge >= 0.3 is 0 Å². The van der Waals surface area contributed by atoms with Gasteiger partial charge in [0.05, 0.1) is 26.9 Å². The molecule has 1 unspecified atom stereocenters. The Morgan fingerprint density at radius 2 is 1.79 bits per heavy atom. The molecule has 3 rings (SSSR count). The van der Waals surface area contributed by atoms with Gasteiger partial charge in [-0.2, -0.15) is 0 Å². The number of aromatic nitrogens is 1. The van der Waals surface area contributed by atoms with Gasteiger partial charge in [0, 0.05) is 17.0 Å². The Balaban J connectivity index is 1.73. The first-order valence-corrected chi connectivity index (χ1v) is 9.69. The van der Waals surface area contributed by atoms with Gasteiger partial charge in [-0.05, 0) is 48.7 Å². The van der Waals surface area contributed by atoms with Crippen LogP contribution in [0.4, 0.5) is 0 Å². The van der Waals surface area contributed by atoms with Crippen molar-refractivity contribution >= 4 is 16.8 Å². The normalized spacial score (nSPS) is 12.1. The van der Waals surface area contributed by atoms with E-state index in [1.54, 1.807) is 14.2 Å². The third-order valence-electron chi connectivity index (χ3n) is 4.68. The topological polar surface area (TPSA) is 72.6 Å². The molecule has 0 bridgehead atoms. The van der Waals surface area contributed by atoms with Crippen LogP contribution in [0.15, 0.2) is 42.5 Å². The van der Waals surface area contributed by atoms with Crippen molar-refractivity contribution in [1.29, 1.82) is 0 Å². The number of nitrogens with one attached hydrogen (secondary N) is 2. The van der Waals surface area contributed by atoms with Gasteiger partial charge in [-0.25, -0.2) is 0 Å². The van der Waals surface area contributed by atoms with E-state index in [1.807, 2.05) is 49.4 Å². The van der Waals surface area contributed by atoms with E-state index in [1.165, 1.54) is 0 Å². The molecule has 6 heteroatoms.